The lowest BCUT2D eigenvalue weighted by Gasteiger charge is -2.15. The molecule has 0 unspecified atom stereocenters. The second-order valence-electron chi connectivity index (χ2n) is 4.45. The van der Waals surface area contributed by atoms with Gasteiger partial charge in [-0.1, -0.05) is 6.07 Å². The first-order chi connectivity index (χ1) is 8.66. The van der Waals surface area contributed by atoms with Gasteiger partial charge in [0.25, 0.3) is 0 Å². The molecular weight excluding hydrogens is 224 g/mol. The van der Waals surface area contributed by atoms with Crippen molar-refractivity contribution in [3.63, 3.8) is 0 Å². The van der Waals surface area contributed by atoms with E-state index >= 15 is 0 Å². The Kier molecular flexibility index (Phi) is 3.77. The predicted molar refractivity (Wildman–Crippen MR) is 74.9 cm³/mol. The molecule has 0 saturated carbocycles. The molecule has 4 heteroatoms. The highest BCUT2D eigenvalue weighted by molar-refractivity contribution is 5.50. The zero-order valence-electron chi connectivity index (χ0n) is 11.0. The van der Waals surface area contributed by atoms with Crippen molar-refractivity contribution in [2.75, 3.05) is 24.3 Å². The van der Waals surface area contributed by atoms with Crippen LogP contribution < -0.4 is 10.2 Å². The highest BCUT2D eigenvalue weighted by atomic mass is 15.1. The van der Waals surface area contributed by atoms with E-state index in [9.17, 15) is 0 Å². The van der Waals surface area contributed by atoms with Crippen LogP contribution in [0.4, 0.5) is 11.5 Å². The van der Waals surface area contributed by atoms with Gasteiger partial charge in [-0.2, -0.15) is 0 Å². The molecular formula is C14H18N4. The van der Waals surface area contributed by atoms with Gasteiger partial charge in [0.15, 0.2) is 0 Å². The largest absolute Gasteiger partial charge is 0.378 e. The van der Waals surface area contributed by atoms with Gasteiger partial charge in [-0.05, 0) is 30.2 Å². The van der Waals surface area contributed by atoms with Gasteiger partial charge in [0.2, 0.25) is 0 Å². The van der Waals surface area contributed by atoms with E-state index in [1.54, 1.807) is 18.6 Å². The number of nitrogens with one attached hydrogen (secondary N) is 1. The van der Waals surface area contributed by atoms with Crippen LogP contribution in [-0.4, -0.2) is 24.1 Å². The molecule has 0 radical (unpaired) electrons. The highest BCUT2D eigenvalue weighted by Gasteiger charge is 2.02. The Morgan fingerprint density at radius 1 is 1.22 bits per heavy atom. The van der Waals surface area contributed by atoms with E-state index in [1.807, 2.05) is 14.1 Å². The fraction of sp³-hybridized carbons (Fsp3) is 0.286. The Morgan fingerprint density at radius 3 is 2.67 bits per heavy atom. The summed E-state index contributed by atoms with van der Waals surface area (Å²) in [7, 11) is 4.10. The highest BCUT2D eigenvalue weighted by Crippen LogP contribution is 2.18. The lowest BCUT2D eigenvalue weighted by atomic mass is 10.1. The van der Waals surface area contributed by atoms with Crippen molar-refractivity contribution >= 4 is 11.5 Å². The zero-order valence-corrected chi connectivity index (χ0v) is 11.0. The molecule has 1 aromatic heterocycles. The molecule has 0 aliphatic carbocycles. The quantitative estimate of drug-likeness (QED) is 0.894. The van der Waals surface area contributed by atoms with E-state index in [2.05, 4.69) is 45.3 Å². The molecule has 0 fully saturated rings. The molecule has 94 valence electrons. The lowest BCUT2D eigenvalue weighted by Crippen LogP contribution is -2.09. The monoisotopic (exact) mass is 242 g/mol. The minimum absolute atomic E-state index is 0.762. The number of aryl methyl sites for hydroxylation is 1. The third-order valence-corrected chi connectivity index (χ3v) is 2.87. The fourth-order valence-electron chi connectivity index (χ4n) is 1.73. The van der Waals surface area contributed by atoms with Crippen LogP contribution >= 0.6 is 0 Å². The van der Waals surface area contributed by atoms with Gasteiger partial charge >= 0.3 is 0 Å². The van der Waals surface area contributed by atoms with Gasteiger partial charge in [-0.25, -0.2) is 4.98 Å². The summed E-state index contributed by atoms with van der Waals surface area (Å²) in [6.07, 6.45) is 5.08. The van der Waals surface area contributed by atoms with Crippen LogP contribution in [0.1, 0.15) is 11.1 Å². The van der Waals surface area contributed by atoms with Gasteiger partial charge in [-0.3, -0.25) is 4.98 Å². The summed E-state index contributed by atoms with van der Waals surface area (Å²) >= 11 is 0. The number of aromatic nitrogens is 2. The van der Waals surface area contributed by atoms with E-state index in [1.165, 1.54) is 16.8 Å². The fourth-order valence-corrected chi connectivity index (χ4v) is 1.73. The molecule has 0 amide bonds. The number of rotatable bonds is 4. The minimum Gasteiger partial charge on any atom is -0.378 e. The summed E-state index contributed by atoms with van der Waals surface area (Å²) in [4.78, 5) is 10.3. The van der Waals surface area contributed by atoms with Gasteiger partial charge in [0, 0.05) is 38.7 Å². The normalized spacial score (nSPS) is 10.2. The van der Waals surface area contributed by atoms with E-state index in [0.717, 1.165) is 12.4 Å². The first-order valence-electron chi connectivity index (χ1n) is 5.93. The smallest absolute Gasteiger partial charge is 0.144 e. The van der Waals surface area contributed by atoms with Gasteiger partial charge < -0.3 is 10.2 Å². The predicted octanol–water partition coefficient (Wildman–Crippen LogP) is 2.46. The first-order valence-corrected chi connectivity index (χ1v) is 5.93. The molecule has 0 aliphatic rings. The number of hydrogen-bond acceptors (Lipinski definition) is 4. The third-order valence-electron chi connectivity index (χ3n) is 2.87. The average molecular weight is 242 g/mol. The van der Waals surface area contributed by atoms with Crippen molar-refractivity contribution in [2.45, 2.75) is 13.5 Å². The molecule has 0 spiro atoms. The van der Waals surface area contributed by atoms with Crippen molar-refractivity contribution in [3.05, 3.63) is 47.9 Å². The Labute approximate surface area is 108 Å². The van der Waals surface area contributed by atoms with Crippen molar-refractivity contribution < 1.29 is 0 Å². The molecule has 1 aromatic carbocycles. The molecule has 0 saturated heterocycles. The maximum absolute atomic E-state index is 4.19. The molecule has 0 atom stereocenters. The molecule has 18 heavy (non-hydrogen) atoms. The lowest BCUT2D eigenvalue weighted by molar-refractivity contribution is 1.06. The Balaban J connectivity index is 2.06. The third kappa shape index (κ3) is 2.97. The first kappa shape index (κ1) is 12.4. The van der Waals surface area contributed by atoms with Crippen molar-refractivity contribution in [1.29, 1.82) is 0 Å². The standard InChI is InChI=1S/C14H18N4/c1-11-8-13(18(2)3)5-4-12(11)9-17-14-10-15-6-7-16-14/h4-8,10H,9H2,1-3H3,(H,16,17). The van der Waals surface area contributed by atoms with Crippen molar-refractivity contribution in [2.24, 2.45) is 0 Å². The molecule has 2 rings (SSSR count). The number of benzene rings is 1. The number of hydrogen-bond donors (Lipinski definition) is 1. The van der Waals surface area contributed by atoms with Crippen molar-refractivity contribution in [1.82, 2.24) is 9.97 Å². The maximum atomic E-state index is 4.19. The van der Waals surface area contributed by atoms with Crippen LogP contribution in [0.25, 0.3) is 0 Å². The van der Waals surface area contributed by atoms with E-state index in [0.29, 0.717) is 0 Å². The summed E-state index contributed by atoms with van der Waals surface area (Å²) in [6, 6.07) is 6.46. The second-order valence-corrected chi connectivity index (χ2v) is 4.45. The van der Waals surface area contributed by atoms with Crippen LogP contribution in [0.15, 0.2) is 36.8 Å². The summed E-state index contributed by atoms with van der Waals surface area (Å²) in [6.45, 7) is 2.89. The number of nitrogens with zero attached hydrogens (tertiary/aromatic N) is 3. The number of anilines is 2. The Bertz CT molecular complexity index is 508. The van der Waals surface area contributed by atoms with Gasteiger partial charge in [0.05, 0.1) is 6.20 Å². The Morgan fingerprint density at radius 2 is 2.06 bits per heavy atom. The van der Waals surface area contributed by atoms with Crippen LogP contribution in [-0.2, 0) is 6.54 Å². The van der Waals surface area contributed by atoms with Gasteiger partial charge in [-0.15, -0.1) is 0 Å². The van der Waals surface area contributed by atoms with Crippen LogP contribution in [0, 0.1) is 6.92 Å². The van der Waals surface area contributed by atoms with E-state index < -0.39 is 0 Å². The molecule has 0 aliphatic heterocycles. The van der Waals surface area contributed by atoms with Crippen LogP contribution in [0.3, 0.4) is 0 Å². The second kappa shape index (κ2) is 5.49. The average Bonchev–Trinajstić information content (AvgIpc) is 2.38. The zero-order chi connectivity index (χ0) is 13.0. The Hall–Kier alpha value is -2.10. The molecule has 1 N–H and O–H groups in total. The summed E-state index contributed by atoms with van der Waals surface area (Å²) < 4.78 is 0. The van der Waals surface area contributed by atoms with Crippen molar-refractivity contribution in [3.8, 4) is 0 Å². The van der Waals surface area contributed by atoms with E-state index in [-0.39, 0.29) is 0 Å². The summed E-state index contributed by atoms with van der Waals surface area (Å²) in [5.74, 6) is 0.800. The maximum Gasteiger partial charge on any atom is 0.144 e. The SMILES string of the molecule is Cc1cc(N(C)C)ccc1CNc1cnccn1. The molecule has 0 bridgehead atoms. The molecule has 1 heterocycles. The van der Waals surface area contributed by atoms with Crippen LogP contribution in [0.2, 0.25) is 0 Å². The van der Waals surface area contributed by atoms with Gasteiger partial charge in [0.1, 0.15) is 5.82 Å². The summed E-state index contributed by atoms with van der Waals surface area (Å²) in [5, 5.41) is 3.26. The molecule has 2 aromatic rings. The minimum atomic E-state index is 0.762. The topological polar surface area (TPSA) is 41.0 Å². The molecule has 4 nitrogen and oxygen atoms in total. The van der Waals surface area contributed by atoms with E-state index in [4.69, 9.17) is 0 Å². The summed E-state index contributed by atoms with van der Waals surface area (Å²) in [5.41, 5.74) is 3.76. The van der Waals surface area contributed by atoms with Crippen LogP contribution in [0.5, 0.6) is 0 Å².